The molecule has 1 amide bonds. The summed E-state index contributed by atoms with van der Waals surface area (Å²) in [4.78, 5) is 15.1. The van der Waals surface area contributed by atoms with E-state index in [4.69, 9.17) is 9.47 Å². The molecule has 2 aromatic rings. The van der Waals surface area contributed by atoms with Gasteiger partial charge in [-0.15, -0.1) is 0 Å². The average molecular weight is 444 g/mol. The maximum absolute atomic E-state index is 13.2. The molecule has 0 fully saturated rings. The van der Waals surface area contributed by atoms with Crippen LogP contribution in [0.15, 0.2) is 40.9 Å². The maximum atomic E-state index is 13.2. The van der Waals surface area contributed by atoms with Gasteiger partial charge in [0.2, 0.25) is 0 Å². The Hall–Kier alpha value is -2.27. The van der Waals surface area contributed by atoms with Crippen LogP contribution in [0.3, 0.4) is 0 Å². The number of halogens is 1. The fourth-order valence-corrected chi connectivity index (χ4v) is 3.83. The molecule has 0 saturated heterocycles. The number of amides is 1. The molecular weight excluding hydrogens is 418 g/mol. The molecule has 0 bridgehead atoms. The summed E-state index contributed by atoms with van der Waals surface area (Å²) in [5.41, 5.74) is 3.46. The van der Waals surface area contributed by atoms with Gasteiger partial charge in [0.05, 0.1) is 23.4 Å². The Morgan fingerprint density at radius 2 is 1.75 bits per heavy atom. The summed E-state index contributed by atoms with van der Waals surface area (Å²) in [6.07, 6.45) is 1.92. The van der Waals surface area contributed by atoms with Crippen LogP contribution in [0, 0.1) is 5.92 Å². The van der Waals surface area contributed by atoms with Crippen molar-refractivity contribution in [3.63, 3.8) is 0 Å². The van der Waals surface area contributed by atoms with Crippen LogP contribution in [-0.2, 0) is 4.79 Å². The van der Waals surface area contributed by atoms with Crippen molar-refractivity contribution in [1.82, 2.24) is 0 Å². The summed E-state index contributed by atoms with van der Waals surface area (Å²) in [6, 6.07) is 11.8. The van der Waals surface area contributed by atoms with Crippen molar-refractivity contribution in [3.8, 4) is 11.5 Å². The number of anilines is 1. The monoisotopic (exact) mass is 443 g/mol. The van der Waals surface area contributed by atoms with Gasteiger partial charge in [0.1, 0.15) is 11.5 Å². The van der Waals surface area contributed by atoms with Gasteiger partial charge in [-0.1, -0.05) is 32.0 Å². The molecule has 0 aromatic heterocycles. The van der Waals surface area contributed by atoms with Crippen LogP contribution in [0.25, 0.3) is 11.6 Å². The molecule has 148 valence electrons. The lowest BCUT2D eigenvalue weighted by Gasteiger charge is -2.19. The van der Waals surface area contributed by atoms with Crippen LogP contribution in [-0.4, -0.2) is 25.7 Å². The van der Waals surface area contributed by atoms with E-state index in [1.807, 2.05) is 61.2 Å². The van der Waals surface area contributed by atoms with E-state index in [1.54, 1.807) is 0 Å². The van der Waals surface area contributed by atoms with E-state index in [0.717, 1.165) is 27.0 Å². The van der Waals surface area contributed by atoms with Crippen LogP contribution in [0.2, 0.25) is 0 Å². The van der Waals surface area contributed by atoms with Crippen LogP contribution in [0.1, 0.15) is 38.8 Å². The summed E-state index contributed by atoms with van der Waals surface area (Å²) in [7, 11) is 0. The number of hydrogen-bond acceptors (Lipinski definition) is 3. The van der Waals surface area contributed by atoms with Crippen LogP contribution >= 0.6 is 15.9 Å². The zero-order valence-corrected chi connectivity index (χ0v) is 18.4. The minimum absolute atomic E-state index is 0.0300. The molecule has 0 N–H and O–H groups in total. The maximum Gasteiger partial charge on any atom is 0.259 e. The molecule has 0 aliphatic carbocycles. The third-order valence-corrected chi connectivity index (χ3v) is 5.09. The Kier molecular flexibility index (Phi) is 6.45. The smallest absolute Gasteiger partial charge is 0.259 e. The number of hydrogen-bond donors (Lipinski definition) is 0. The number of carbonyl (C=O) groups is 1. The second-order valence-corrected chi connectivity index (χ2v) is 7.93. The summed E-state index contributed by atoms with van der Waals surface area (Å²) in [5.74, 6) is 1.85. The number of ether oxygens (including phenoxy) is 2. The predicted octanol–water partition coefficient (Wildman–Crippen LogP) is 5.79. The van der Waals surface area contributed by atoms with E-state index in [-0.39, 0.29) is 5.91 Å². The Morgan fingerprint density at radius 1 is 1.07 bits per heavy atom. The highest BCUT2D eigenvalue weighted by Crippen LogP contribution is 2.40. The van der Waals surface area contributed by atoms with Crippen molar-refractivity contribution in [2.75, 3.05) is 24.7 Å². The van der Waals surface area contributed by atoms with E-state index in [0.29, 0.717) is 37.0 Å². The van der Waals surface area contributed by atoms with E-state index in [1.165, 1.54) is 0 Å². The lowest BCUT2D eigenvalue weighted by atomic mass is 10.0. The van der Waals surface area contributed by atoms with E-state index < -0.39 is 0 Å². The molecule has 2 aromatic carbocycles. The Labute approximate surface area is 175 Å². The Bertz CT molecular complexity index is 905. The van der Waals surface area contributed by atoms with Crippen molar-refractivity contribution in [2.45, 2.75) is 27.7 Å². The SMILES string of the molecule is CCOc1cc(OCC)c(/C=C2\C(=O)N(CC(C)C)c3ccccc32)cc1Br. The van der Waals surface area contributed by atoms with Gasteiger partial charge in [0.25, 0.3) is 5.91 Å². The number of fused-ring (bicyclic) bond motifs is 1. The zero-order valence-electron chi connectivity index (χ0n) is 16.8. The first-order valence-corrected chi connectivity index (χ1v) is 10.5. The highest BCUT2D eigenvalue weighted by Gasteiger charge is 2.32. The molecule has 3 rings (SSSR count). The summed E-state index contributed by atoms with van der Waals surface area (Å²) in [5, 5.41) is 0. The van der Waals surface area contributed by atoms with Gasteiger partial charge >= 0.3 is 0 Å². The normalized spacial score (nSPS) is 14.7. The minimum Gasteiger partial charge on any atom is -0.493 e. The van der Waals surface area contributed by atoms with Gasteiger partial charge in [0, 0.05) is 29.3 Å². The molecule has 0 atom stereocenters. The molecule has 4 nitrogen and oxygen atoms in total. The van der Waals surface area contributed by atoms with Crippen molar-refractivity contribution >= 4 is 39.2 Å². The predicted molar refractivity (Wildman–Crippen MR) is 118 cm³/mol. The minimum atomic E-state index is 0.0300. The second-order valence-electron chi connectivity index (χ2n) is 7.07. The van der Waals surface area contributed by atoms with Gasteiger partial charge in [-0.2, -0.15) is 0 Å². The highest BCUT2D eigenvalue weighted by molar-refractivity contribution is 9.10. The van der Waals surface area contributed by atoms with Crippen molar-refractivity contribution in [1.29, 1.82) is 0 Å². The summed E-state index contributed by atoms with van der Waals surface area (Å²) in [6.45, 7) is 9.93. The van der Waals surface area contributed by atoms with Crippen molar-refractivity contribution < 1.29 is 14.3 Å². The number of para-hydroxylation sites is 1. The molecule has 0 unspecified atom stereocenters. The summed E-state index contributed by atoms with van der Waals surface area (Å²) < 4.78 is 12.3. The zero-order chi connectivity index (χ0) is 20.3. The van der Waals surface area contributed by atoms with Crippen molar-refractivity contribution in [2.24, 2.45) is 5.92 Å². The van der Waals surface area contributed by atoms with Gasteiger partial charge < -0.3 is 14.4 Å². The molecule has 0 radical (unpaired) electrons. The largest absolute Gasteiger partial charge is 0.493 e. The first-order valence-electron chi connectivity index (χ1n) is 9.68. The molecule has 0 saturated carbocycles. The number of benzene rings is 2. The van der Waals surface area contributed by atoms with Gasteiger partial charge in [0.15, 0.2) is 0 Å². The molecule has 5 heteroatoms. The average Bonchev–Trinajstić information content (AvgIpc) is 2.91. The van der Waals surface area contributed by atoms with Gasteiger partial charge in [-0.05, 0) is 53.9 Å². The molecule has 0 spiro atoms. The van der Waals surface area contributed by atoms with E-state index in [2.05, 4.69) is 29.8 Å². The molecule has 1 aliphatic heterocycles. The van der Waals surface area contributed by atoms with Crippen LogP contribution in [0.5, 0.6) is 11.5 Å². The van der Waals surface area contributed by atoms with E-state index in [9.17, 15) is 4.79 Å². The number of carbonyl (C=O) groups excluding carboxylic acids is 1. The third kappa shape index (κ3) is 4.09. The Balaban J connectivity index is 2.10. The number of rotatable bonds is 7. The number of nitrogens with zero attached hydrogens (tertiary/aromatic N) is 1. The quantitative estimate of drug-likeness (QED) is 0.508. The molecule has 28 heavy (non-hydrogen) atoms. The van der Waals surface area contributed by atoms with Gasteiger partial charge in [-0.3, -0.25) is 4.79 Å². The highest BCUT2D eigenvalue weighted by atomic mass is 79.9. The first-order chi connectivity index (χ1) is 13.5. The van der Waals surface area contributed by atoms with Gasteiger partial charge in [-0.25, -0.2) is 0 Å². The summed E-state index contributed by atoms with van der Waals surface area (Å²) >= 11 is 3.57. The molecular formula is C23H26BrNO3. The fraction of sp³-hybridized carbons (Fsp3) is 0.348. The molecule has 1 aliphatic rings. The second kappa shape index (κ2) is 8.82. The topological polar surface area (TPSA) is 38.8 Å². The Morgan fingerprint density at radius 3 is 2.43 bits per heavy atom. The van der Waals surface area contributed by atoms with Crippen LogP contribution in [0.4, 0.5) is 5.69 Å². The fourth-order valence-electron chi connectivity index (χ4n) is 3.36. The third-order valence-electron chi connectivity index (χ3n) is 4.47. The lowest BCUT2D eigenvalue weighted by Crippen LogP contribution is -2.30. The standard InChI is InChI=1S/C23H26BrNO3/c1-5-27-21-13-22(28-6-2)19(24)12-16(21)11-18-17-9-7-8-10-20(17)25(23(18)26)14-15(3)4/h7-13,15H,5-6,14H2,1-4H3/b18-11-. The van der Waals surface area contributed by atoms with Crippen LogP contribution < -0.4 is 14.4 Å². The van der Waals surface area contributed by atoms with Crippen molar-refractivity contribution in [3.05, 3.63) is 52.0 Å². The lowest BCUT2D eigenvalue weighted by molar-refractivity contribution is -0.113. The first kappa shape index (κ1) is 20.5. The van der Waals surface area contributed by atoms with E-state index >= 15 is 0 Å². The molecule has 1 heterocycles.